The molecule has 0 atom stereocenters. The molecule has 3 aromatic rings. The number of anilines is 1. The van der Waals surface area contributed by atoms with Crippen LogP contribution >= 0.6 is 11.6 Å². The second-order valence-corrected chi connectivity index (χ2v) is 6.80. The summed E-state index contributed by atoms with van der Waals surface area (Å²) in [5.74, 6) is 0. The molecule has 0 amide bonds. The number of aromatic nitrogens is 2. The molecule has 0 bridgehead atoms. The van der Waals surface area contributed by atoms with E-state index in [1.807, 2.05) is 30.5 Å². The van der Waals surface area contributed by atoms with Crippen molar-refractivity contribution in [1.29, 1.82) is 0 Å². The van der Waals surface area contributed by atoms with Crippen LogP contribution in [0.3, 0.4) is 0 Å². The summed E-state index contributed by atoms with van der Waals surface area (Å²) in [6, 6.07) is 12.1. The van der Waals surface area contributed by atoms with Crippen LogP contribution in [0.25, 0.3) is 17.1 Å². The molecule has 4 rings (SSSR count). The molecule has 4 heteroatoms. The van der Waals surface area contributed by atoms with Gasteiger partial charge in [0.15, 0.2) is 0 Å². The Bertz CT molecular complexity index is 968. The first-order valence-corrected chi connectivity index (χ1v) is 8.89. The van der Waals surface area contributed by atoms with Crippen LogP contribution in [0.4, 0.5) is 5.69 Å². The number of nitrogens with one attached hydrogen (secondary N) is 1. The molecule has 2 aromatic heterocycles. The number of halogens is 1. The third-order valence-electron chi connectivity index (χ3n) is 4.62. The summed E-state index contributed by atoms with van der Waals surface area (Å²) in [5.41, 5.74) is 5.92. The van der Waals surface area contributed by atoms with Gasteiger partial charge in [0, 0.05) is 35.4 Å². The van der Waals surface area contributed by atoms with E-state index in [1.165, 1.54) is 22.3 Å². The standard InChI is InChI=1S/C21H20ClN3/c1-15-20(19-6-3-11-23-21(19)24-15)25-12-9-16(10-13-25)7-8-17-4-2-5-18(22)14-17/h2-9,11,14H,10,12-13H2,1H3,(H,23,24)/b8-7+. The fourth-order valence-corrected chi connectivity index (χ4v) is 3.59. The lowest BCUT2D eigenvalue weighted by Gasteiger charge is -2.28. The summed E-state index contributed by atoms with van der Waals surface area (Å²) in [7, 11) is 0. The Morgan fingerprint density at radius 3 is 2.92 bits per heavy atom. The van der Waals surface area contributed by atoms with Gasteiger partial charge in [-0.25, -0.2) is 4.98 Å². The second-order valence-electron chi connectivity index (χ2n) is 6.36. The molecule has 1 aromatic carbocycles. The van der Waals surface area contributed by atoms with Gasteiger partial charge in [0.05, 0.1) is 5.69 Å². The van der Waals surface area contributed by atoms with Crippen molar-refractivity contribution >= 4 is 34.4 Å². The van der Waals surface area contributed by atoms with Gasteiger partial charge in [-0.05, 0) is 48.7 Å². The number of hydrogen-bond donors (Lipinski definition) is 1. The van der Waals surface area contributed by atoms with E-state index in [2.05, 4.69) is 52.2 Å². The molecule has 0 saturated heterocycles. The van der Waals surface area contributed by atoms with Crippen LogP contribution in [0.1, 0.15) is 17.7 Å². The first-order chi connectivity index (χ1) is 12.2. The molecule has 1 N–H and O–H groups in total. The highest BCUT2D eigenvalue weighted by Crippen LogP contribution is 2.31. The maximum atomic E-state index is 6.04. The van der Waals surface area contributed by atoms with Crippen molar-refractivity contribution in [1.82, 2.24) is 9.97 Å². The largest absolute Gasteiger partial charge is 0.365 e. The van der Waals surface area contributed by atoms with E-state index in [1.54, 1.807) is 0 Å². The molecule has 1 aliphatic heterocycles. The van der Waals surface area contributed by atoms with Crippen molar-refractivity contribution < 1.29 is 0 Å². The van der Waals surface area contributed by atoms with Gasteiger partial charge in [0.1, 0.15) is 5.65 Å². The van der Waals surface area contributed by atoms with E-state index in [0.717, 1.165) is 35.7 Å². The van der Waals surface area contributed by atoms with E-state index in [0.29, 0.717) is 0 Å². The predicted molar refractivity (Wildman–Crippen MR) is 106 cm³/mol. The number of pyridine rings is 1. The van der Waals surface area contributed by atoms with Crippen LogP contribution in [0.15, 0.2) is 60.3 Å². The minimum Gasteiger partial charge on any atom is -0.365 e. The van der Waals surface area contributed by atoms with Crippen molar-refractivity contribution in [2.24, 2.45) is 0 Å². The van der Waals surface area contributed by atoms with Crippen LogP contribution < -0.4 is 4.90 Å². The molecule has 3 heterocycles. The van der Waals surface area contributed by atoms with Crippen molar-refractivity contribution in [2.45, 2.75) is 13.3 Å². The maximum Gasteiger partial charge on any atom is 0.139 e. The number of aromatic amines is 1. The molecule has 25 heavy (non-hydrogen) atoms. The van der Waals surface area contributed by atoms with Crippen molar-refractivity contribution in [2.75, 3.05) is 18.0 Å². The lowest BCUT2D eigenvalue weighted by atomic mass is 10.1. The van der Waals surface area contributed by atoms with Gasteiger partial charge < -0.3 is 9.88 Å². The third-order valence-corrected chi connectivity index (χ3v) is 4.86. The molecule has 126 valence electrons. The lowest BCUT2D eigenvalue weighted by Crippen LogP contribution is -2.28. The van der Waals surface area contributed by atoms with Crippen LogP contribution in [0.2, 0.25) is 5.02 Å². The number of rotatable bonds is 3. The minimum absolute atomic E-state index is 0.773. The number of hydrogen-bond acceptors (Lipinski definition) is 2. The molecule has 0 spiro atoms. The maximum absolute atomic E-state index is 6.04. The highest BCUT2D eigenvalue weighted by atomic mass is 35.5. The molecular weight excluding hydrogens is 330 g/mol. The van der Waals surface area contributed by atoms with Gasteiger partial charge in [0.2, 0.25) is 0 Å². The normalized spacial score (nSPS) is 15.1. The van der Waals surface area contributed by atoms with Crippen LogP contribution in [0, 0.1) is 6.92 Å². The highest BCUT2D eigenvalue weighted by Gasteiger charge is 2.17. The molecule has 3 nitrogen and oxygen atoms in total. The monoisotopic (exact) mass is 349 g/mol. The molecule has 0 aliphatic carbocycles. The predicted octanol–water partition coefficient (Wildman–Crippen LogP) is 5.37. The highest BCUT2D eigenvalue weighted by molar-refractivity contribution is 6.30. The van der Waals surface area contributed by atoms with E-state index in [9.17, 15) is 0 Å². The van der Waals surface area contributed by atoms with Crippen molar-refractivity contribution in [3.63, 3.8) is 0 Å². The third kappa shape index (κ3) is 3.33. The van der Waals surface area contributed by atoms with Gasteiger partial charge in [-0.3, -0.25) is 0 Å². The number of aryl methyl sites for hydroxylation is 1. The minimum atomic E-state index is 0.773. The quantitative estimate of drug-likeness (QED) is 0.688. The van der Waals surface area contributed by atoms with Gasteiger partial charge >= 0.3 is 0 Å². The summed E-state index contributed by atoms with van der Waals surface area (Å²) in [6.45, 7) is 4.04. The van der Waals surface area contributed by atoms with E-state index in [4.69, 9.17) is 11.6 Å². The molecular formula is C21H20ClN3. The summed E-state index contributed by atoms with van der Waals surface area (Å²) in [5, 5.41) is 1.97. The van der Waals surface area contributed by atoms with Crippen LogP contribution in [0.5, 0.6) is 0 Å². The van der Waals surface area contributed by atoms with E-state index in [-0.39, 0.29) is 0 Å². The number of benzene rings is 1. The van der Waals surface area contributed by atoms with Crippen molar-refractivity contribution in [3.05, 3.63) is 76.6 Å². The SMILES string of the molecule is Cc1[nH]c2ncccc2c1N1CC=C(/C=C/c2cccc(Cl)c2)CC1. The Kier molecular flexibility index (Phi) is 4.33. The average Bonchev–Trinajstić information content (AvgIpc) is 2.96. The smallest absolute Gasteiger partial charge is 0.139 e. The number of fused-ring (bicyclic) bond motifs is 1. The van der Waals surface area contributed by atoms with E-state index < -0.39 is 0 Å². The van der Waals surface area contributed by atoms with Gasteiger partial charge in [-0.15, -0.1) is 0 Å². The molecule has 0 saturated carbocycles. The Hall–Kier alpha value is -2.52. The Balaban J connectivity index is 1.53. The zero-order valence-electron chi connectivity index (χ0n) is 14.2. The Morgan fingerprint density at radius 1 is 1.20 bits per heavy atom. The second kappa shape index (κ2) is 6.77. The molecule has 0 fully saturated rings. The summed E-state index contributed by atoms with van der Waals surface area (Å²) >= 11 is 6.04. The number of H-pyrrole nitrogens is 1. The lowest BCUT2D eigenvalue weighted by molar-refractivity contribution is 0.800. The summed E-state index contributed by atoms with van der Waals surface area (Å²) in [4.78, 5) is 10.2. The zero-order valence-corrected chi connectivity index (χ0v) is 14.9. The van der Waals surface area contributed by atoms with Gasteiger partial charge in [-0.1, -0.05) is 42.0 Å². The topological polar surface area (TPSA) is 31.9 Å². The van der Waals surface area contributed by atoms with Gasteiger partial charge in [0.25, 0.3) is 0 Å². The van der Waals surface area contributed by atoms with Crippen molar-refractivity contribution in [3.8, 4) is 0 Å². The zero-order chi connectivity index (χ0) is 17.2. The first kappa shape index (κ1) is 16.0. The number of nitrogens with zero attached hydrogens (tertiary/aromatic N) is 2. The molecule has 1 aliphatic rings. The van der Waals surface area contributed by atoms with Crippen LogP contribution in [-0.4, -0.2) is 23.1 Å². The fourth-order valence-electron chi connectivity index (χ4n) is 3.40. The molecule has 0 radical (unpaired) electrons. The van der Waals surface area contributed by atoms with Crippen LogP contribution in [-0.2, 0) is 0 Å². The Labute approximate surface area is 152 Å². The van der Waals surface area contributed by atoms with E-state index >= 15 is 0 Å². The van der Waals surface area contributed by atoms with Gasteiger partial charge in [-0.2, -0.15) is 0 Å². The number of allylic oxidation sites excluding steroid dienone is 1. The first-order valence-electron chi connectivity index (χ1n) is 8.51. The molecule has 0 unspecified atom stereocenters. The summed E-state index contributed by atoms with van der Waals surface area (Å²) in [6.07, 6.45) is 9.50. The summed E-state index contributed by atoms with van der Waals surface area (Å²) < 4.78 is 0. The average molecular weight is 350 g/mol. The Morgan fingerprint density at radius 2 is 2.12 bits per heavy atom. The fraction of sp³-hybridized carbons (Fsp3) is 0.190.